The van der Waals surface area contributed by atoms with Gasteiger partial charge < -0.3 is 10.1 Å². The van der Waals surface area contributed by atoms with Gasteiger partial charge in [0, 0.05) is 18.8 Å². The molecule has 2 amide bonds. The Balaban J connectivity index is 1.45. The van der Waals surface area contributed by atoms with Crippen LogP contribution in [0.1, 0.15) is 31.4 Å². The third kappa shape index (κ3) is 4.58. The van der Waals surface area contributed by atoms with Crippen LogP contribution in [0.5, 0.6) is 0 Å². The Kier molecular flexibility index (Phi) is 5.89. The lowest BCUT2D eigenvalue weighted by Gasteiger charge is -2.15. The monoisotopic (exact) mass is 467 g/mol. The van der Waals surface area contributed by atoms with Crippen LogP contribution in [0.2, 0.25) is 5.15 Å². The molecular formula is C20H18ClN9O3. The Labute approximate surface area is 193 Å². The molecule has 0 spiro atoms. The number of amides is 2. The van der Waals surface area contributed by atoms with Crippen LogP contribution in [0, 0.1) is 16.7 Å². The number of nitriles is 1. The van der Waals surface area contributed by atoms with E-state index in [0.717, 1.165) is 0 Å². The number of carbonyl (C=O) groups is 2. The minimum absolute atomic E-state index is 0.168. The zero-order chi connectivity index (χ0) is 23.6. The van der Waals surface area contributed by atoms with Gasteiger partial charge in [-0.3, -0.25) is 10.1 Å². The van der Waals surface area contributed by atoms with E-state index in [1.807, 2.05) is 6.07 Å². The highest BCUT2D eigenvalue weighted by atomic mass is 35.5. The number of nitrogens with zero attached hydrogens (tertiary/aromatic N) is 7. The Morgan fingerprint density at radius 1 is 1.27 bits per heavy atom. The second-order valence-electron chi connectivity index (χ2n) is 7.41. The van der Waals surface area contributed by atoms with Crippen LogP contribution in [-0.4, -0.2) is 41.9 Å². The molecule has 0 aromatic carbocycles. The Bertz CT molecular complexity index is 1250. The fourth-order valence-corrected chi connectivity index (χ4v) is 3.25. The van der Waals surface area contributed by atoms with Crippen LogP contribution in [0.25, 0.3) is 11.5 Å². The Morgan fingerprint density at radius 3 is 2.64 bits per heavy atom. The van der Waals surface area contributed by atoms with E-state index in [4.69, 9.17) is 21.6 Å². The van der Waals surface area contributed by atoms with Crippen molar-refractivity contribution in [1.82, 2.24) is 29.9 Å². The van der Waals surface area contributed by atoms with Crippen molar-refractivity contribution in [2.75, 3.05) is 10.6 Å². The highest BCUT2D eigenvalue weighted by Crippen LogP contribution is 2.45. The predicted molar refractivity (Wildman–Crippen MR) is 116 cm³/mol. The number of hydrogen-bond donors (Lipinski definition) is 2. The molecule has 1 saturated carbocycles. The molecule has 0 bridgehead atoms. The van der Waals surface area contributed by atoms with E-state index in [9.17, 15) is 9.59 Å². The molecule has 1 fully saturated rings. The summed E-state index contributed by atoms with van der Waals surface area (Å²) in [5.41, 5.74) is 0.140. The molecule has 2 N–H and O–H groups in total. The minimum atomic E-state index is -0.960. The smallest absolute Gasteiger partial charge is 0.413 e. The number of ether oxygens (including phenoxy) is 1. The van der Waals surface area contributed by atoms with Crippen molar-refractivity contribution in [2.45, 2.75) is 25.9 Å². The number of pyridine rings is 1. The first-order valence-electron chi connectivity index (χ1n) is 9.86. The van der Waals surface area contributed by atoms with Gasteiger partial charge in [-0.25, -0.2) is 24.4 Å². The summed E-state index contributed by atoms with van der Waals surface area (Å²) in [6, 6.07) is 5.43. The van der Waals surface area contributed by atoms with Crippen molar-refractivity contribution in [3.05, 3.63) is 41.4 Å². The molecule has 33 heavy (non-hydrogen) atoms. The first kappa shape index (κ1) is 22.1. The maximum absolute atomic E-state index is 12.5. The SMILES string of the molecule is CC(OC(=O)Nc1c(-c2ncc(NC(=O)C3(C#N)CC3)cn2)nnn1C)c1cccnc1Cl. The van der Waals surface area contributed by atoms with E-state index in [1.54, 1.807) is 26.1 Å². The molecule has 1 aliphatic rings. The molecular weight excluding hydrogens is 450 g/mol. The predicted octanol–water partition coefficient (Wildman–Crippen LogP) is 2.87. The van der Waals surface area contributed by atoms with Crippen molar-refractivity contribution >= 4 is 35.1 Å². The number of aryl methyl sites for hydroxylation is 1. The standard InChI is InChI=1S/C20H18ClN9O3/c1-11(13-4-3-7-23-15(13)21)33-19(32)27-17-14(28-29-30(17)2)16-24-8-12(9-25-16)26-18(31)20(10-22)5-6-20/h3-4,7-9,11H,5-6H2,1-2H3,(H,26,31)(H,27,32). The largest absolute Gasteiger partial charge is 0.441 e. The molecule has 0 saturated heterocycles. The van der Waals surface area contributed by atoms with Gasteiger partial charge in [-0.15, -0.1) is 5.10 Å². The van der Waals surface area contributed by atoms with E-state index in [0.29, 0.717) is 24.1 Å². The van der Waals surface area contributed by atoms with Gasteiger partial charge in [-0.05, 0) is 25.8 Å². The number of rotatable bonds is 6. The van der Waals surface area contributed by atoms with Gasteiger partial charge in [0.1, 0.15) is 16.7 Å². The zero-order valence-electron chi connectivity index (χ0n) is 17.6. The van der Waals surface area contributed by atoms with Gasteiger partial charge in [-0.1, -0.05) is 22.9 Å². The summed E-state index contributed by atoms with van der Waals surface area (Å²) in [4.78, 5) is 37.0. The van der Waals surface area contributed by atoms with Crippen LogP contribution in [0.4, 0.5) is 16.3 Å². The lowest BCUT2D eigenvalue weighted by molar-refractivity contribution is -0.119. The van der Waals surface area contributed by atoms with E-state index in [1.165, 1.54) is 23.3 Å². The maximum Gasteiger partial charge on any atom is 0.413 e. The van der Waals surface area contributed by atoms with Crippen LogP contribution in [0.3, 0.4) is 0 Å². The van der Waals surface area contributed by atoms with E-state index in [2.05, 4.69) is 35.9 Å². The molecule has 1 atom stereocenters. The highest BCUT2D eigenvalue weighted by Gasteiger charge is 2.50. The number of halogens is 1. The van der Waals surface area contributed by atoms with Gasteiger partial charge in [-0.2, -0.15) is 5.26 Å². The van der Waals surface area contributed by atoms with E-state index >= 15 is 0 Å². The second-order valence-corrected chi connectivity index (χ2v) is 7.77. The van der Waals surface area contributed by atoms with Crippen LogP contribution in [-0.2, 0) is 16.6 Å². The minimum Gasteiger partial charge on any atom is -0.441 e. The van der Waals surface area contributed by atoms with Crippen LogP contribution >= 0.6 is 11.6 Å². The normalized spacial score (nSPS) is 14.6. The fourth-order valence-electron chi connectivity index (χ4n) is 2.98. The Morgan fingerprint density at radius 2 is 2.00 bits per heavy atom. The average molecular weight is 468 g/mol. The molecule has 3 aromatic rings. The van der Waals surface area contributed by atoms with Crippen molar-refractivity contribution in [3.63, 3.8) is 0 Å². The number of carbonyl (C=O) groups excluding carboxylic acids is 2. The number of anilines is 2. The summed E-state index contributed by atoms with van der Waals surface area (Å²) in [5.74, 6) is -0.00218. The van der Waals surface area contributed by atoms with Gasteiger partial charge in [0.2, 0.25) is 5.91 Å². The molecule has 3 heterocycles. The molecule has 0 radical (unpaired) electrons. The summed E-state index contributed by atoms with van der Waals surface area (Å²) in [7, 11) is 1.58. The summed E-state index contributed by atoms with van der Waals surface area (Å²) >= 11 is 6.05. The molecule has 4 rings (SSSR count). The average Bonchev–Trinajstić information content (AvgIpc) is 3.53. The summed E-state index contributed by atoms with van der Waals surface area (Å²) < 4.78 is 6.72. The molecule has 13 heteroatoms. The lowest BCUT2D eigenvalue weighted by atomic mass is 10.1. The third-order valence-corrected chi connectivity index (χ3v) is 5.39. The first-order valence-corrected chi connectivity index (χ1v) is 10.2. The summed E-state index contributed by atoms with van der Waals surface area (Å²) in [6.07, 6.45) is 3.96. The quantitative estimate of drug-likeness (QED) is 0.519. The van der Waals surface area contributed by atoms with Crippen molar-refractivity contribution in [2.24, 2.45) is 12.5 Å². The van der Waals surface area contributed by atoms with E-state index in [-0.39, 0.29) is 28.4 Å². The maximum atomic E-state index is 12.5. The second kappa shape index (κ2) is 8.79. The molecule has 0 aliphatic heterocycles. The zero-order valence-corrected chi connectivity index (χ0v) is 18.4. The molecule has 168 valence electrons. The van der Waals surface area contributed by atoms with Gasteiger partial charge in [0.15, 0.2) is 17.3 Å². The van der Waals surface area contributed by atoms with Gasteiger partial charge in [0.05, 0.1) is 24.2 Å². The van der Waals surface area contributed by atoms with Crippen molar-refractivity contribution in [1.29, 1.82) is 5.26 Å². The molecule has 1 aliphatic carbocycles. The highest BCUT2D eigenvalue weighted by molar-refractivity contribution is 6.30. The topological polar surface area (TPSA) is 161 Å². The summed E-state index contributed by atoms with van der Waals surface area (Å²) in [5, 5.41) is 22.5. The van der Waals surface area contributed by atoms with Crippen LogP contribution < -0.4 is 10.6 Å². The fraction of sp³-hybridized carbons (Fsp3) is 0.300. The molecule has 12 nitrogen and oxygen atoms in total. The van der Waals surface area contributed by atoms with Gasteiger partial charge in [0.25, 0.3) is 0 Å². The number of aromatic nitrogens is 6. The van der Waals surface area contributed by atoms with Gasteiger partial charge >= 0.3 is 6.09 Å². The first-order chi connectivity index (χ1) is 15.8. The van der Waals surface area contributed by atoms with Crippen molar-refractivity contribution in [3.8, 4) is 17.6 Å². The van der Waals surface area contributed by atoms with Crippen LogP contribution in [0.15, 0.2) is 30.7 Å². The molecule has 3 aromatic heterocycles. The third-order valence-electron chi connectivity index (χ3n) is 5.08. The number of hydrogen-bond acceptors (Lipinski definition) is 9. The summed E-state index contributed by atoms with van der Waals surface area (Å²) in [6.45, 7) is 1.67. The lowest BCUT2D eigenvalue weighted by Crippen LogP contribution is -2.22. The van der Waals surface area contributed by atoms with E-state index < -0.39 is 17.6 Å². The number of nitrogens with one attached hydrogen (secondary N) is 2. The molecule has 1 unspecified atom stereocenters. The Hall–Kier alpha value is -4.11. The van der Waals surface area contributed by atoms with Crippen molar-refractivity contribution < 1.29 is 14.3 Å².